The molecule has 0 saturated heterocycles. The number of nitrogens with zero attached hydrogens (tertiary/aromatic N) is 2. The molecular weight excluding hydrogens is 230 g/mol. The van der Waals surface area contributed by atoms with Crippen molar-refractivity contribution in [1.29, 1.82) is 0 Å². The number of aromatic nitrogens is 2. The minimum Gasteiger partial charge on any atom is -0.492 e. The molecule has 0 saturated carbocycles. The van der Waals surface area contributed by atoms with Crippen LogP contribution in [0.5, 0.6) is 5.75 Å². The minimum absolute atomic E-state index is 0.543. The summed E-state index contributed by atoms with van der Waals surface area (Å²) in [4.78, 5) is 8.05. The Morgan fingerprint density at radius 3 is 2.78 bits per heavy atom. The zero-order valence-corrected chi connectivity index (χ0v) is 10.1. The largest absolute Gasteiger partial charge is 0.492 e. The first-order valence-corrected chi connectivity index (χ1v) is 5.61. The van der Waals surface area contributed by atoms with Crippen LogP contribution < -0.4 is 21.3 Å². The molecule has 4 N–H and O–H groups in total. The molecule has 0 atom stereocenters. The van der Waals surface area contributed by atoms with Crippen LogP contribution in [0, 0.1) is 0 Å². The number of nitrogen functional groups attached to an aromatic ring is 1. The van der Waals surface area contributed by atoms with Crippen molar-refractivity contribution in [2.75, 3.05) is 17.3 Å². The molecule has 1 heterocycles. The van der Waals surface area contributed by atoms with Gasteiger partial charge >= 0.3 is 0 Å². The Hall–Kier alpha value is -2.34. The van der Waals surface area contributed by atoms with Gasteiger partial charge in [0.15, 0.2) is 0 Å². The zero-order valence-electron chi connectivity index (χ0n) is 10.1. The Morgan fingerprint density at radius 1 is 1.22 bits per heavy atom. The average molecular weight is 245 g/mol. The second kappa shape index (κ2) is 5.83. The number of hydrogen-bond acceptors (Lipinski definition) is 6. The van der Waals surface area contributed by atoms with Gasteiger partial charge in [0.1, 0.15) is 23.7 Å². The van der Waals surface area contributed by atoms with Crippen molar-refractivity contribution in [1.82, 2.24) is 9.97 Å². The molecule has 0 aliphatic heterocycles. The number of para-hydroxylation sites is 2. The molecule has 0 unspecified atom stereocenters. The fraction of sp³-hybridized carbons (Fsp3) is 0.167. The van der Waals surface area contributed by atoms with E-state index in [-0.39, 0.29) is 0 Å². The first kappa shape index (κ1) is 12.1. The summed E-state index contributed by atoms with van der Waals surface area (Å²) in [5, 5.41) is 3.16. The van der Waals surface area contributed by atoms with Gasteiger partial charge in [-0.2, -0.15) is 0 Å². The fourth-order valence-corrected chi connectivity index (χ4v) is 1.49. The predicted octanol–water partition coefficient (Wildman–Crippen LogP) is 1.90. The maximum absolute atomic E-state index is 5.52. The SMILES string of the molecule is CCOc1ccccc1Nc1cc(NN)ncn1. The third-order valence-corrected chi connectivity index (χ3v) is 2.26. The van der Waals surface area contributed by atoms with Crippen molar-refractivity contribution in [3.63, 3.8) is 0 Å². The van der Waals surface area contributed by atoms with Crippen LogP contribution in [0.4, 0.5) is 17.3 Å². The van der Waals surface area contributed by atoms with Crippen molar-refractivity contribution in [3.8, 4) is 5.75 Å². The standard InChI is InChI=1S/C12H15N5O/c1-2-18-10-6-4-3-5-9(10)16-11-7-12(17-13)15-8-14-11/h3-8H,2,13H2,1H3,(H2,14,15,16,17). The van der Waals surface area contributed by atoms with Crippen LogP contribution in [0.1, 0.15) is 6.92 Å². The van der Waals surface area contributed by atoms with Crippen LogP contribution >= 0.6 is 0 Å². The molecule has 2 rings (SSSR count). The maximum Gasteiger partial charge on any atom is 0.145 e. The predicted molar refractivity (Wildman–Crippen MR) is 70.7 cm³/mol. The van der Waals surface area contributed by atoms with Gasteiger partial charge in [-0.25, -0.2) is 15.8 Å². The molecule has 0 radical (unpaired) electrons. The van der Waals surface area contributed by atoms with Crippen LogP contribution in [-0.2, 0) is 0 Å². The summed E-state index contributed by atoms with van der Waals surface area (Å²) in [6.07, 6.45) is 1.43. The summed E-state index contributed by atoms with van der Waals surface area (Å²) < 4.78 is 5.52. The lowest BCUT2D eigenvalue weighted by Crippen LogP contribution is -2.09. The van der Waals surface area contributed by atoms with Gasteiger partial charge < -0.3 is 15.5 Å². The number of nitrogens with one attached hydrogen (secondary N) is 2. The number of ether oxygens (including phenoxy) is 1. The van der Waals surface area contributed by atoms with E-state index in [4.69, 9.17) is 10.6 Å². The lowest BCUT2D eigenvalue weighted by atomic mass is 10.3. The molecular formula is C12H15N5O. The molecule has 2 aromatic rings. The number of nitrogens with two attached hydrogens (primary N) is 1. The van der Waals surface area contributed by atoms with Gasteiger partial charge in [-0.1, -0.05) is 12.1 Å². The molecule has 1 aromatic carbocycles. The molecule has 6 nitrogen and oxygen atoms in total. The fourth-order valence-electron chi connectivity index (χ4n) is 1.49. The molecule has 6 heteroatoms. The second-order valence-corrected chi connectivity index (χ2v) is 3.49. The summed E-state index contributed by atoms with van der Waals surface area (Å²) in [6.45, 7) is 2.55. The minimum atomic E-state index is 0.543. The molecule has 0 amide bonds. The molecule has 0 bridgehead atoms. The van der Waals surface area contributed by atoms with E-state index in [0.717, 1.165) is 11.4 Å². The highest BCUT2D eigenvalue weighted by Crippen LogP contribution is 2.26. The van der Waals surface area contributed by atoms with Crippen LogP contribution in [0.2, 0.25) is 0 Å². The van der Waals surface area contributed by atoms with Crippen LogP contribution in [0.3, 0.4) is 0 Å². The van der Waals surface area contributed by atoms with E-state index in [1.54, 1.807) is 6.07 Å². The molecule has 0 fully saturated rings. The van der Waals surface area contributed by atoms with Gasteiger partial charge in [0.2, 0.25) is 0 Å². The smallest absolute Gasteiger partial charge is 0.145 e. The Bertz CT molecular complexity index is 517. The Labute approximate surface area is 105 Å². The molecule has 94 valence electrons. The number of anilines is 3. The van der Waals surface area contributed by atoms with Gasteiger partial charge in [0.25, 0.3) is 0 Å². The highest BCUT2D eigenvalue weighted by atomic mass is 16.5. The Balaban J connectivity index is 2.22. The Morgan fingerprint density at radius 2 is 2.00 bits per heavy atom. The van der Waals surface area contributed by atoms with E-state index in [0.29, 0.717) is 18.2 Å². The van der Waals surface area contributed by atoms with Crippen molar-refractivity contribution < 1.29 is 4.74 Å². The van der Waals surface area contributed by atoms with Gasteiger partial charge in [-0.15, -0.1) is 0 Å². The average Bonchev–Trinajstić information content (AvgIpc) is 2.41. The van der Waals surface area contributed by atoms with E-state index in [9.17, 15) is 0 Å². The van der Waals surface area contributed by atoms with Crippen LogP contribution in [0.15, 0.2) is 36.7 Å². The van der Waals surface area contributed by atoms with Gasteiger partial charge in [-0.05, 0) is 19.1 Å². The van der Waals surface area contributed by atoms with E-state index in [2.05, 4.69) is 20.7 Å². The number of hydrogen-bond donors (Lipinski definition) is 3. The molecule has 1 aromatic heterocycles. The Kier molecular flexibility index (Phi) is 3.93. The summed E-state index contributed by atoms with van der Waals surface area (Å²) >= 11 is 0. The second-order valence-electron chi connectivity index (χ2n) is 3.49. The maximum atomic E-state index is 5.52. The van der Waals surface area contributed by atoms with Gasteiger partial charge in [-0.3, -0.25) is 0 Å². The number of rotatable bonds is 5. The van der Waals surface area contributed by atoms with E-state index in [1.165, 1.54) is 6.33 Å². The van der Waals surface area contributed by atoms with Crippen molar-refractivity contribution in [2.45, 2.75) is 6.92 Å². The third-order valence-electron chi connectivity index (χ3n) is 2.26. The van der Waals surface area contributed by atoms with Crippen LogP contribution in [-0.4, -0.2) is 16.6 Å². The van der Waals surface area contributed by atoms with Crippen molar-refractivity contribution in [3.05, 3.63) is 36.7 Å². The first-order valence-electron chi connectivity index (χ1n) is 5.61. The lowest BCUT2D eigenvalue weighted by molar-refractivity contribution is 0.342. The first-order chi connectivity index (χ1) is 8.83. The molecule has 18 heavy (non-hydrogen) atoms. The van der Waals surface area contributed by atoms with Gasteiger partial charge in [0.05, 0.1) is 12.3 Å². The van der Waals surface area contributed by atoms with Crippen molar-refractivity contribution in [2.24, 2.45) is 5.84 Å². The van der Waals surface area contributed by atoms with Gasteiger partial charge in [0, 0.05) is 6.07 Å². The zero-order chi connectivity index (χ0) is 12.8. The highest BCUT2D eigenvalue weighted by molar-refractivity contribution is 5.65. The summed E-state index contributed by atoms with van der Waals surface area (Å²) in [7, 11) is 0. The number of hydrazine groups is 1. The topological polar surface area (TPSA) is 85.1 Å². The van der Waals surface area contributed by atoms with E-state index < -0.39 is 0 Å². The number of benzene rings is 1. The third kappa shape index (κ3) is 2.86. The highest BCUT2D eigenvalue weighted by Gasteiger charge is 2.04. The van der Waals surface area contributed by atoms with E-state index >= 15 is 0 Å². The van der Waals surface area contributed by atoms with Crippen molar-refractivity contribution >= 4 is 17.3 Å². The van der Waals surface area contributed by atoms with E-state index in [1.807, 2.05) is 31.2 Å². The molecule has 0 aliphatic rings. The quantitative estimate of drug-likeness (QED) is 0.551. The molecule has 0 aliphatic carbocycles. The normalized spacial score (nSPS) is 9.89. The summed E-state index contributed by atoms with van der Waals surface area (Å²) in [6, 6.07) is 9.37. The van der Waals surface area contributed by atoms with Crippen LogP contribution in [0.25, 0.3) is 0 Å². The monoisotopic (exact) mass is 245 g/mol. The summed E-state index contributed by atoms with van der Waals surface area (Å²) in [5.74, 6) is 7.26. The molecule has 0 spiro atoms. The summed E-state index contributed by atoms with van der Waals surface area (Å²) in [5.41, 5.74) is 3.32. The lowest BCUT2D eigenvalue weighted by Gasteiger charge is -2.11.